The van der Waals surface area contributed by atoms with Gasteiger partial charge in [-0.1, -0.05) is 12.1 Å². The van der Waals surface area contributed by atoms with E-state index in [0.717, 1.165) is 37.1 Å². The molecule has 5 rings (SSSR count). The average Bonchev–Trinajstić information content (AvgIpc) is 3.30. The van der Waals surface area contributed by atoms with E-state index in [2.05, 4.69) is 16.4 Å². The lowest BCUT2D eigenvalue weighted by Crippen LogP contribution is -2.43. The number of carboxylic acid groups (broad SMARTS) is 1. The Kier molecular flexibility index (Phi) is 6.63. The zero-order valence-corrected chi connectivity index (χ0v) is 20.1. The number of carbonyl (C=O) groups is 2. The number of aliphatic carboxylic acids is 1. The lowest BCUT2D eigenvalue weighted by Gasteiger charge is -2.35. The molecule has 36 heavy (non-hydrogen) atoms. The summed E-state index contributed by atoms with van der Waals surface area (Å²) in [4.78, 5) is 31.1. The Hall–Kier alpha value is -3.88. The van der Waals surface area contributed by atoms with E-state index >= 15 is 0 Å². The van der Waals surface area contributed by atoms with Crippen LogP contribution in [0.3, 0.4) is 0 Å². The van der Waals surface area contributed by atoms with Crippen LogP contribution in [0, 0.1) is 5.82 Å². The minimum atomic E-state index is -1.05. The number of carbonyl (C=O) groups excluding carboxylic acids is 1. The Morgan fingerprint density at radius 1 is 1.31 bits per heavy atom. The largest absolute Gasteiger partial charge is 0.494 e. The fraction of sp³-hybridized carbons (Fsp3) is 0.370. The number of aromatic nitrogens is 2. The maximum atomic E-state index is 14.4. The second-order valence-corrected chi connectivity index (χ2v) is 9.36. The van der Waals surface area contributed by atoms with Crippen LogP contribution in [0.1, 0.15) is 52.5 Å². The molecule has 0 aliphatic carbocycles. The van der Waals surface area contributed by atoms with Gasteiger partial charge >= 0.3 is 5.97 Å². The van der Waals surface area contributed by atoms with Crippen molar-refractivity contribution < 1.29 is 23.8 Å². The van der Waals surface area contributed by atoms with Crippen molar-refractivity contribution in [1.29, 1.82) is 0 Å². The van der Waals surface area contributed by atoms with E-state index in [-0.39, 0.29) is 18.1 Å². The van der Waals surface area contributed by atoms with E-state index in [1.54, 1.807) is 17.2 Å². The number of pyridine rings is 1. The summed E-state index contributed by atoms with van der Waals surface area (Å²) in [6.45, 7) is 0.896. The van der Waals surface area contributed by atoms with Gasteiger partial charge < -0.3 is 24.6 Å². The number of carboxylic acids is 1. The number of aryl methyl sites for hydroxylation is 2. The number of methoxy groups -OCH3 is 1. The summed E-state index contributed by atoms with van der Waals surface area (Å²) in [5.41, 5.74) is 3.27. The first-order valence-corrected chi connectivity index (χ1v) is 12.2. The molecule has 4 heterocycles. The Labute approximate surface area is 208 Å². The SMILES string of the molecule is COc1ccc([C@H](CC(=O)O)N2CCn3cc(CCC4CCc5cccnc5N4)cc3C2=O)cc1F. The third kappa shape index (κ3) is 4.78. The maximum absolute atomic E-state index is 14.4. The van der Waals surface area contributed by atoms with Crippen LogP contribution in [0.4, 0.5) is 10.2 Å². The van der Waals surface area contributed by atoms with Crippen LogP contribution >= 0.6 is 0 Å². The van der Waals surface area contributed by atoms with Crippen LogP contribution in [0.5, 0.6) is 5.75 Å². The number of anilines is 1. The normalized spacial score (nSPS) is 17.7. The molecule has 2 aliphatic rings. The molecule has 2 N–H and O–H groups in total. The summed E-state index contributed by atoms with van der Waals surface area (Å²) in [5, 5.41) is 13.0. The van der Waals surface area contributed by atoms with Crippen molar-refractivity contribution in [1.82, 2.24) is 14.5 Å². The molecule has 2 atom stereocenters. The van der Waals surface area contributed by atoms with E-state index in [9.17, 15) is 19.1 Å². The highest BCUT2D eigenvalue weighted by atomic mass is 19.1. The van der Waals surface area contributed by atoms with E-state index in [1.807, 2.05) is 22.9 Å². The molecular weight excluding hydrogens is 463 g/mol. The molecule has 1 amide bonds. The summed E-state index contributed by atoms with van der Waals surface area (Å²) in [6.07, 6.45) is 7.27. The number of benzene rings is 1. The van der Waals surface area contributed by atoms with Crippen LogP contribution in [0.2, 0.25) is 0 Å². The van der Waals surface area contributed by atoms with E-state index in [0.29, 0.717) is 30.4 Å². The fourth-order valence-corrected chi connectivity index (χ4v) is 5.22. The number of halogens is 1. The Morgan fingerprint density at radius 3 is 2.94 bits per heavy atom. The number of nitrogens with zero attached hydrogens (tertiary/aromatic N) is 3. The summed E-state index contributed by atoms with van der Waals surface area (Å²) >= 11 is 0. The molecule has 0 saturated heterocycles. The molecule has 2 aliphatic heterocycles. The zero-order chi connectivity index (χ0) is 25.2. The maximum Gasteiger partial charge on any atom is 0.305 e. The molecule has 0 saturated carbocycles. The zero-order valence-electron chi connectivity index (χ0n) is 20.1. The summed E-state index contributed by atoms with van der Waals surface area (Å²) in [5.74, 6) is -0.863. The first-order chi connectivity index (χ1) is 17.4. The second kappa shape index (κ2) is 10.0. The van der Waals surface area contributed by atoms with Gasteiger partial charge in [-0.25, -0.2) is 9.37 Å². The molecule has 0 bridgehead atoms. The molecule has 0 fully saturated rings. The Morgan fingerprint density at radius 2 is 2.17 bits per heavy atom. The third-order valence-corrected chi connectivity index (χ3v) is 7.10. The minimum absolute atomic E-state index is 0.0723. The minimum Gasteiger partial charge on any atom is -0.494 e. The van der Waals surface area contributed by atoms with Gasteiger partial charge in [0.05, 0.1) is 19.6 Å². The van der Waals surface area contributed by atoms with Gasteiger partial charge in [-0.2, -0.15) is 0 Å². The van der Waals surface area contributed by atoms with E-state index < -0.39 is 17.8 Å². The summed E-state index contributed by atoms with van der Waals surface area (Å²) < 4.78 is 21.3. The van der Waals surface area contributed by atoms with Crippen LogP contribution in [-0.4, -0.2) is 51.1 Å². The van der Waals surface area contributed by atoms with E-state index in [4.69, 9.17) is 4.74 Å². The number of ether oxygens (including phenoxy) is 1. The van der Waals surface area contributed by atoms with Crippen molar-refractivity contribution in [2.45, 2.75) is 50.7 Å². The molecular formula is C27H29FN4O4. The second-order valence-electron chi connectivity index (χ2n) is 9.36. The van der Waals surface area contributed by atoms with Crippen LogP contribution in [0.25, 0.3) is 0 Å². The first kappa shape index (κ1) is 23.8. The molecule has 0 radical (unpaired) electrons. The highest BCUT2D eigenvalue weighted by Gasteiger charge is 2.33. The average molecular weight is 493 g/mol. The van der Waals surface area contributed by atoms with Gasteiger partial charge in [0.25, 0.3) is 5.91 Å². The van der Waals surface area contributed by atoms with Crippen molar-refractivity contribution in [2.75, 3.05) is 19.0 Å². The third-order valence-electron chi connectivity index (χ3n) is 7.10. The molecule has 2 aromatic heterocycles. The lowest BCUT2D eigenvalue weighted by molar-refractivity contribution is -0.138. The number of fused-ring (bicyclic) bond motifs is 2. The highest BCUT2D eigenvalue weighted by Crippen LogP contribution is 2.32. The molecule has 1 aromatic carbocycles. The number of amides is 1. The lowest BCUT2D eigenvalue weighted by atomic mass is 9.96. The topological polar surface area (TPSA) is 96.7 Å². The van der Waals surface area contributed by atoms with Gasteiger partial charge in [0.15, 0.2) is 11.6 Å². The van der Waals surface area contributed by atoms with Crippen molar-refractivity contribution in [3.05, 3.63) is 77.0 Å². The number of hydrogen-bond donors (Lipinski definition) is 2. The van der Waals surface area contributed by atoms with Crippen LogP contribution in [0.15, 0.2) is 48.8 Å². The van der Waals surface area contributed by atoms with Crippen molar-refractivity contribution in [3.63, 3.8) is 0 Å². The number of nitrogens with one attached hydrogen (secondary N) is 1. The molecule has 9 heteroatoms. The molecule has 188 valence electrons. The number of hydrogen-bond acceptors (Lipinski definition) is 5. The quantitative estimate of drug-likeness (QED) is 0.492. The number of rotatable bonds is 8. The van der Waals surface area contributed by atoms with Crippen LogP contribution < -0.4 is 10.1 Å². The van der Waals surface area contributed by atoms with Crippen molar-refractivity contribution in [3.8, 4) is 5.75 Å². The monoisotopic (exact) mass is 492 g/mol. The van der Waals surface area contributed by atoms with E-state index in [1.165, 1.54) is 24.8 Å². The van der Waals surface area contributed by atoms with Crippen LogP contribution in [-0.2, 0) is 24.2 Å². The molecule has 3 aromatic rings. The van der Waals surface area contributed by atoms with Gasteiger partial charge in [-0.15, -0.1) is 0 Å². The van der Waals surface area contributed by atoms with Gasteiger partial charge in [0.1, 0.15) is 11.5 Å². The molecule has 0 spiro atoms. The smallest absolute Gasteiger partial charge is 0.305 e. The summed E-state index contributed by atoms with van der Waals surface area (Å²) in [7, 11) is 1.37. The molecule has 8 nitrogen and oxygen atoms in total. The standard InChI is InChI=1S/C27H29FN4O4/c1-36-24-9-6-19(14-21(24)28)22(15-25(33)34)32-12-11-31-16-17(13-23(31)27(32)35)4-7-20-8-5-18-3-2-10-29-26(18)30-20/h2-3,6,9-10,13-14,16,20,22H,4-5,7-8,11-12,15H2,1H3,(H,29,30)(H,33,34)/t20?,22-/m0/s1. The predicted molar refractivity (Wildman–Crippen MR) is 132 cm³/mol. The van der Waals surface area contributed by atoms with Gasteiger partial charge in [-0.05, 0) is 66.6 Å². The van der Waals surface area contributed by atoms with Crippen molar-refractivity contribution in [2.24, 2.45) is 0 Å². The van der Waals surface area contributed by atoms with Gasteiger partial charge in [-0.3, -0.25) is 9.59 Å². The van der Waals surface area contributed by atoms with Gasteiger partial charge in [0, 0.05) is 31.5 Å². The first-order valence-electron chi connectivity index (χ1n) is 12.2. The Bertz CT molecular complexity index is 1290. The highest BCUT2D eigenvalue weighted by molar-refractivity contribution is 5.94. The fourth-order valence-electron chi connectivity index (χ4n) is 5.22. The van der Waals surface area contributed by atoms with Crippen molar-refractivity contribution >= 4 is 17.7 Å². The molecule has 1 unspecified atom stereocenters. The van der Waals surface area contributed by atoms with Gasteiger partial charge in [0.2, 0.25) is 0 Å². The predicted octanol–water partition coefficient (Wildman–Crippen LogP) is 4.06. The summed E-state index contributed by atoms with van der Waals surface area (Å²) in [6, 6.07) is 9.83. The Balaban J connectivity index is 1.30.